The van der Waals surface area contributed by atoms with Gasteiger partial charge in [-0.25, -0.2) is 4.90 Å². The molecule has 2 aliphatic heterocycles. The Kier molecular flexibility index (Phi) is 7.42. The standard InChI is InChI=1S/C34H27N3O6S2/c1-42-23-15-13-22(14-16-23)37-31(39)28-27(24-9-5-6-10-25(24)43-2)30-33(44-29(28)32(37)40)36(34(41)45-30)18-26(38)35-21-12-11-19-7-3-4-8-20(19)17-21/h3-17,27-29H,18H2,1-2H3,(H,35,38). The molecule has 2 aliphatic rings. The second-order valence-corrected chi connectivity index (χ2v) is 12.9. The van der Waals surface area contributed by atoms with Crippen LogP contribution in [-0.2, 0) is 20.9 Å². The molecule has 7 rings (SSSR count). The van der Waals surface area contributed by atoms with Gasteiger partial charge in [-0.15, -0.1) is 0 Å². The quantitative estimate of drug-likeness (QED) is 0.235. The highest BCUT2D eigenvalue weighted by Crippen LogP contribution is 2.55. The molecule has 0 radical (unpaired) electrons. The Balaban J connectivity index is 1.27. The molecule has 11 heteroatoms. The number of thioether (sulfide) groups is 1. The number of thiazole rings is 1. The van der Waals surface area contributed by atoms with E-state index in [9.17, 15) is 19.2 Å². The Morgan fingerprint density at radius 3 is 2.33 bits per heavy atom. The third kappa shape index (κ3) is 4.98. The number of nitrogens with one attached hydrogen (secondary N) is 1. The van der Waals surface area contributed by atoms with Gasteiger partial charge in [0.2, 0.25) is 17.7 Å². The highest BCUT2D eigenvalue weighted by Gasteiger charge is 2.57. The molecule has 4 aromatic carbocycles. The minimum absolute atomic E-state index is 0.245. The Bertz CT molecular complexity index is 2040. The summed E-state index contributed by atoms with van der Waals surface area (Å²) in [5.74, 6) is -1.38. The second-order valence-electron chi connectivity index (χ2n) is 10.7. The van der Waals surface area contributed by atoms with Crippen molar-refractivity contribution in [3.63, 3.8) is 0 Å². The van der Waals surface area contributed by atoms with E-state index < -0.39 is 17.1 Å². The maximum absolute atomic E-state index is 14.1. The van der Waals surface area contributed by atoms with E-state index >= 15 is 0 Å². The van der Waals surface area contributed by atoms with E-state index in [2.05, 4.69) is 5.32 Å². The minimum Gasteiger partial charge on any atom is -0.497 e. The highest BCUT2D eigenvalue weighted by molar-refractivity contribution is 8.00. The molecule has 3 atom stereocenters. The number of aromatic nitrogens is 1. The topological polar surface area (TPSA) is 107 Å². The van der Waals surface area contributed by atoms with Crippen molar-refractivity contribution >= 4 is 63.0 Å². The largest absolute Gasteiger partial charge is 0.497 e. The van der Waals surface area contributed by atoms with Gasteiger partial charge in [0.15, 0.2) is 0 Å². The zero-order chi connectivity index (χ0) is 31.2. The Labute approximate surface area is 266 Å². The zero-order valence-corrected chi connectivity index (χ0v) is 25.9. The lowest BCUT2D eigenvalue weighted by atomic mass is 9.82. The first-order chi connectivity index (χ1) is 21.9. The van der Waals surface area contributed by atoms with Crippen LogP contribution in [0.15, 0.2) is 101 Å². The number of hydrogen-bond donors (Lipinski definition) is 1. The van der Waals surface area contributed by atoms with E-state index in [1.807, 2.05) is 60.7 Å². The molecule has 226 valence electrons. The van der Waals surface area contributed by atoms with Crippen LogP contribution >= 0.6 is 23.1 Å². The average Bonchev–Trinajstić information content (AvgIpc) is 3.50. The van der Waals surface area contributed by atoms with Crippen LogP contribution in [0.3, 0.4) is 0 Å². The Morgan fingerprint density at radius 2 is 1.58 bits per heavy atom. The molecule has 1 aromatic heterocycles. The fourth-order valence-electron chi connectivity index (χ4n) is 6.11. The van der Waals surface area contributed by atoms with Gasteiger partial charge in [-0.05, 0) is 53.2 Å². The first kappa shape index (κ1) is 28.9. The van der Waals surface area contributed by atoms with Crippen LogP contribution < -0.4 is 24.6 Å². The normalized spacial score (nSPS) is 18.9. The van der Waals surface area contributed by atoms with Gasteiger partial charge in [0.25, 0.3) is 0 Å². The minimum atomic E-state index is -0.814. The lowest BCUT2D eigenvalue weighted by Gasteiger charge is -2.31. The number of benzene rings is 4. The number of nitrogens with zero attached hydrogens (tertiary/aromatic N) is 2. The maximum Gasteiger partial charge on any atom is 0.308 e. The summed E-state index contributed by atoms with van der Waals surface area (Å²) in [4.78, 5) is 56.4. The number of rotatable bonds is 7. The van der Waals surface area contributed by atoms with Gasteiger partial charge in [0.05, 0.1) is 30.9 Å². The Hall–Kier alpha value is -4.87. The van der Waals surface area contributed by atoms with Gasteiger partial charge in [-0.2, -0.15) is 0 Å². The SMILES string of the molecule is COc1ccc(N2C(=O)C3Sc4c(sc(=O)n4CC(=O)Nc4ccc5ccccc5c4)C(c4ccccc4OC)C3C2=O)cc1. The average molecular weight is 638 g/mol. The van der Waals surface area contributed by atoms with E-state index in [1.165, 1.54) is 21.2 Å². The highest BCUT2D eigenvalue weighted by atomic mass is 32.2. The summed E-state index contributed by atoms with van der Waals surface area (Å²) in [6.45, 7) is -0.245. The number of carbonyl (C=O) groups is 3. The number of ether oxygens (including phenoxy) is 2. The number of para-hydroxylation sites is 1. The maximum atomic E-state index is 14.1. The predicted molar refractivity (Wildman–Crippen MR) is 175 cm³/mol. The van der Waals surface area contributed by atoms with Gasteiger partial charge < -0.3 is 14.8 Å². The molecule has 1 fully saturated rings. The Morgan fingerprint density at radius 1 is 0.844 bits per heavy atom. The molecule has 3 heterocycles. The molecule has 0 bridgehead atoms. The molecule has 0 aliphatic carbocycles. The van der Waals surface area contributed by atoms with Crippen molar-refractivity contribution in [1.82, 2.24) is 4.57 Å². The number of fused-ring (bicyclic) bond motifs is 3. The van der Waals surface area contributed by atoms with E-state index in [0.717, 1.165) is 22.1 Å². The van der Waals surface area contributed by atoms with E-state index in [0.29, 0.717) is 38.3 Å². The molecule has 3 amide bonds. The van der Waals surface area contributed by atoms with Gasteiger partial charge >= 0.3 is 4.87 Å². The third-order valence-electron chi connectivity index (χ3n) is 8.19. The molecule has 5 aromatic rings. The van der Waals surface area contributed by atoms with E-state index in [-0.39, 0.29) is 29.1 Å². The summed E-state index contributed by atoms with van der Waals surface area (Å²) >= 11 is 2.17. The van der Waals surface area contributed by atoms with Crippen molar-refractivity contribution in [3.8, 4) is 11.5 Å². The van der Waals surface area contributed by atoms with Crippen molar-refractivity contribution in [2.24, 2.45) is 5.92 Å². The molecular weight excluding hydrogens is 611 g/mol. The number of methoxy groups -OCH3 is 2. The number of anilines is 2. The first-order valence-electron chi connectivity index (χ1n) is 14.2. The molecule has 45 heavy (non-hydrogen) atoms. The molecule has 0 spiro atoms. The smallest absolute Gasteiger partial charge is 0.308 e. The van der Waals surface area contributed by atoms with Gasteiger partial charge in [0.1, 0.15) is 23.3 Å². The summed E-state index contributed by atoms with van der Waals surface area (Å²) in [7, 11) is 3.09. The van der Waals surface area contributed by atoms with E-state index in [4.69, 9.17) is 9.47 Å². The molecular formula is C34H27N3O6S2. The lowest BCUT2D eigenvalue weighted by Crippen LogP contribution is -2.33. The van der Waals surface area contributed by atoms with Crippen LogP contribution in [0.1, 0.15) is 16.4 Å². The van der Waals surface area contributed by atoms with E-state index in [1.54, 1.807) is 44.6 Å². The summed E-state index contributed by atoms with van der Waals surface area (Å²) in [6, 6.07) is 27.5. The fourth-order valence-corrected chi connectivity index (χ4v) is 8.87. The van der Waals surface area contributed by atoms with Crippen LogP contribution in [0.5, 0.6) is 11.5 Å². The summed E-state index contributed by atoms with van der Waals surface area (Å²) in [5.41, 5.74) is 1.75. The monoisotopic (exact) mass is 637 g/mol. The van der Waals surface area contributed by atoms with Crippen LogP contribution in [0.2, 0.25) is 0 Å². The first-order valence-corrected chi connectivity index (χ1v) is 15.9. The second kappa shape index (κ2) is 11.6. The zero-order valence-electron chi connectivity index (χ0n) is 24.3. The van der Waals surface area contributed by atoms with Crippen LogP contribution in [-0.4, -0.2) is 41.8 Å². The number of carbonyl (C=O) groups excluding carboxylic acids is 3. The molecule has 3 unspecified atom stereocenters. The van der Waals surface area contributed by atoms with Crippen molar-refractivity contribution < 1.29 is 23.9 Å². The van der Waals surface area contributed by atoms with Crippen LogP contribution in [0.25, 0.3) is 10.8 Å². The molecule has 1 saturated heterocycles. The number of hydrogen-bond acceptors (Lipinski definition) is 8. The van der Waals surface area contributed by atoms with Gasteiger partial charge in [-0.1, -0.05) is 71.6 Å². The molecule has 1 N–H and O–H groups in total. The molecule has 0 saturated carbocycles. The number of amides is 3. The third-order valence-corrected chi connectivity index (χ3v) is 10.8. The van der Waals surface area contributed by atoms with Crippen LogP contribution in [0.4, 0.5) is 11.4 Å². The van der Waals surface area contributed by atoms with Gasteiger partial charge in [0, 0.05) is 22.0 Å². The summed E-state index contributed by atoms with van der Waals surface area (Å²) in [6.07, 6.45) is 0. The summed E-state index contributed by atoms with van der Waals surface area (Å²) < 4.78 is 12.3. The van der Waals surface area contributed by atoms with Crippen molar-refractivity contribution in [3.05, 3.63) is 111 Å². The van der Waals surface area contributed by atoms with Crippen LogP contribution in [0, 0.1) is 5.92 Å². The predicted octanol–water partition coefficient (Wildman–Crippen LogP) is 5.51. The lowest BCUT2D eigenvalue weighted by molar-refractivity contribution is -0.122. The summed E-state index contributed by atoms with van der Waals surface area (Å²) in [5, 5.41) is 4.63. The van der Waals surface area contributed by atoms with Gasteiger partial charge in [-0.3, -0.25) is 23.7 Å². The number of imide groups is 1. The van der Waals surface area contributed by atoms with Crippen molar-refractivity contribution in [1.29, 1.82) is 0 Å². The molecule has 9 nitrogen and oxygen atoms in total. The van der Waals surface area contributed by atoms with Crippen molar-refractivity contribution in [2.45, 2.75) is 22.7 Å². The fraction of sp³-hybridized carbons (Fsp3) is 0.176. The van der Waals surface area contributed by atoms with Crippen molar-refractivity contribution in [2.75, 3.05) is 24.4 Å².